The van der Waals surface area contributed by atoms with Gasteiger partial charge < -0.3 is 30.1 Å². The molecule has 4 rings (SSSR count). The van der Waals surface area contributed by atoms with Crippen LogP contribution in [0.1, 0.15) is 19.4 Å². The highest BCUT2D eigenvalue weighted by molar-refractivity contribution is 6.09. The maximum atomic E-state index is 13.1. The lowest BCUT2D eigenvalue weighted by Crippen LogP contribution is -2.52. The van der Waals surface area contributed by atoms with E-state index in [1.54, 1.807) is 38.3 Å². The van der Waals surface area contributed by atoms with Gasteiger partial charge in [0.15, 0.2) is 0 Å². The lowest BCUT2D eigenvalue weighted by molar-refractivity contribution is -0.121. The van der Waals surface area contributed by atoms with E-state index in [4.69, 9.17) is 9.47 Å². The summed E-state index contributed by atoms with van der Waals surface area (Å²) in [5.74, 6) is 1.38. The zero-order valence-electron chi connectivity index (χ0n) is 19.5. The van der Waals surface area contributed by atoms with Gasteiger partial charge in [0, 0.05) is 30.8 Å². The molecule has 172 valence electrons. The van der Waals surface area contributed by atoms with E-state index < -0.39 is 5.54 Å². The number of hydrogen-bond donors (Lipinski definition) is 3. The fourth-order valence-corrected chi connectivity index (χ4v) is 4.34. The third kappa shape index (κ3) is 4.02. The minimum atomic E-state index is -0.715. The Morgan fingerprint density at radius 3 is 2.42 bits per heavy atom. The number of carbonyl (C=O) groups is 1. The van der Waals surface area contributed by atoms with Crippen molar-refractivity contribution < 1.29 is 19.4 Å². The molecular weight excluding hydrogens is 418 g/mol. The number of carbonyl (C=O) groups excluding carboxylic acids is 1. The van der Waals surface area contributed by atoms with Crippen molar-refractivity contribution >= 4 is 23.0 Å². The first-order valence-electron chi connectivity index (χ1n) is 10.7. The highest BCUT2D eigenvalue weighted by atomic mass is 16.5. The van der Waals surface area contributed by atoms with Crippen LogP contribution in [0.2, 0.25) is 0 Å². The molecule has 1 aliphatic rings. The van der Waals surface area contributed by atoms with Crippen LogP contribution in [0, 0.1) is 0 Å². The molecule has 0 radical (unpaired) electrons. The number of aromatic hydroxyl groups is 1. The molecule has 7 nitrogen and oxygen atoms in total. The molecule has 0 saturated carbocycles. The van der Waals surface area contributed by atoms with Gasteiger partial charge in [-0.05, 0) is 49.7 Å². The Morgan fingerprint density at radius 1 is 1.00 bits per heavy atom. The maximum Gasteiger partial charge on any atom is 0.251 e. The number of benzene rings is 3. The summed E-state index contributed by atoms with van der Waals surface area (Å²) in [7, 11) is 5.01. The quantitative estimate of drug-likeness (QED) is 0.501. The normalized spacial score (nSPS) is 14.3. The Morgan fingerprint density at radius 2 is 1.70 bits per heavy atom. The largest absolute Gasteiger partial charge is 0.508 e. The van der Waals surface area contributed by atoms with Gasteiger partial charge in [-0.1, -0.05) is 18.2 Å². The number of ether oxygens (including phenoxy) is 2. The number of amides is 1. The van der Waals surface area contributed by atoms with Crippen LogP contribution in [-0.4, -0.2) is 37.8 Å². The van der Waals surface area contributed by atoms with Crippen LogP contribution in [-0.2, 0) is 11.3 Å². The first-order valence-corrected chi connectivity index (χ1v) is 10.7. The molecule has 0 saturated heterocycles. The summed E-state index contributed by atoms with van der Waals surface area (Å²) in [6.45, 7) is 4.18. The van der Waals surface area contributed by atoms with E-state index in [0.29, 0.717) is 12.3 Å². The number of rotatable bonds is 6. The molecule has 0 atom stereocenters. The van der Waals surface area contributed by atoms with Crippen molar-refractivity contribution in [3.05, 3.63) is 60.2 Å². The SMILES string of the molecule is COc1ccccc1NCc1c(-c2ccc(O)cc2OC)ccc2c1N(C)C(=O)C(C)(C)N2. The lowest BCUT2D eigenvalue weighted by atomic mass is 9.91. The molecular formula is C26H29N3O4. The van der Waals surface area contributed by atoms with E-state index in [2.05, 4.69) is 10.6 Å². The molecule has 0 unspecified atom stereocenters. The van der Waals surface area contributed by atoms with E-state index in [1.165, 1.54) is 0 Å². The zero-order valence-corrected chi connectivity index (χ0v) is 19.5. The molecule has 3 aromatic carbocycles. The highest BCUT2D eigenvalue weighted by Crippen LogP contribution is 2.44. The van der Waals surface area contributed by atoms with Gasteiger partial charge in [-0.15, -0.1) is 0 Å². The minimum absolute atomic E-state index is 0.0247. The van der Waals surface area contributed by atoms with Gasteiger partial charge in [-0.2, -0.15) is 0 Å². The molecule has 1 amide bonds. The number of anilines is 3. The molecule has 1 aliphatic heterocycles. The van der Waals surface area contributed by atoms with Crippen LogP contribution in [0.15, 0.2) is 54.6 Å². The topological polar surface area (TPSA) is 83.1 Å². The van der Waals surface area contributed by atoms with Crippen LogP contribution >= 0.6 is 0 Å². The van der Waals surface area contributed by atoms with Crippen molar-refractivity contribution in [3.63, 3.8) is 0 Å². The molecule has 0 aromatic heterocycles. The predicted octanol–water partition coefficient (Wildman–Crippen LogP) is 4.86. The van der Waals surface area contributed by atoms with Gasteiger partial charge in [-0.25, -0.2) is 0 Å². The summed E-state index contributed by atoms with van der Waals surface area (Å²) in [6.07, 6.45) is 0. The Labute approximate surface area is 194 Å². The monoisotopic (exact) mass is 447 g/mol. The standard InChI is InChI=1S/C26H29N3O4/c1-26(2)25(31)29(3)24-19(15-27-20-8-6-7-9-22(20)32-4)17(12-13-21(24)28-26)18-11-10-16(30)14-23(18)33-5/h6-14,27-28,30H,15H2,1-5H3. The lowest BCUT2D eigenvalue weighted by Gasteiger charge is -2.40. The average molecular weight is 448 g/mol. The predicted molar refractivity (Wildman–Crippen MR) is 132 cm³/mol. The van der Waals surface area contributed by atoms with Crippen LogP contribution in [0.3, 0.4) is 0 Å². The smallest absolute Gasteiger partial charge is 0.251 e. The fraction of sp³-hybridized carbons (Fsp3) is 0.269. The molecule has 1 heterocycles. The second kappa shape index (κ2) is 8.58. The zero-order chi connectivity index (χ0) is 23.8. The molecule has 7 heteroatoms. The molecule has 3 N–H and O–H groups in total. The van der Waals surface area contributed by atoms with E-state index >= 15 is 0 Å². The van der Waals surface area contributed by atoms with Crippen LogP contribution in [0.25, 0.3) is 11.1 Å². The third-order valence-corrected chi connectivity index (χ3v) is 5.94. The van der Waals surface area contributed by atoms with Gasteiger partial charge in [0.25, 0.3) is 5.91 Å². The number of phenolic OH excluding ortho intramolecular Hbond substituents is 1. The number of likely N-dealkylation sites (N-methyl/N-ethyl adjacent to an activating group) is 1. The number of nitrogens with zero attached hydrogens (tertiary/aromatic N) is 1. The Balaban J connectivity index is 1.88. The van der Waals surface area contributed by atoms with Gasteiger partial charge in [0.1, 0.15) is 22.8 Å². The maximum absolute atomic E-state index is 13.1. The Kier molecular flexibility index (Phi) is 5.80. The number of nitrogens with one attached hydrogen (secondary N) is 2. The summed E-state index contributed by atoms with van der Waals surface area (Å²) in [5.41, 5.74) is 4.44. The highest BCUT2D eigenvalue weighted by Gasteiger charge is 2.38. The summed E-state index contributed by atoms with van der Waals surface area (Å²) in [5, 5.41) is 16.8. The summed E-state index contributed by atoms with van der Waals surface area (Å²) in [4.78, 5) is 14.8. The first kappa shape index (κ1) is 22.3. The van der Waals surface area contributed by atoms with Gasteiger partial charge in [-0.3, -0.25) is 4.79 Å². The van der Waals surface area contributed by atoms with Crippen LogP contribution < -0.4 is 25.0 Å². The summed E-state index contributed by atoms with van der Waals surface area (Å²) in [6, 6.07) is 16.7. The Bertz CT molecular complexity index is 1210. The van der Waals surface area contributed by atoms with Crippen molar-refractivity contribution in [1.29, 1.82) is 0 Å². The van der Waals surface area contributed by atoms with Crippen molar-refractivity contribution in [2.45, 2.75) is 25.9 Å². The molecule has 0 aliphatic carbocycles. The van der Waals surface area contributed by atoms with Gasteiger partial charge in [0.05, 0.1) is 31.3 Å². The third-order valence-electron chi connectivity index (χ3n) is 5.94. The van der Waals surface area contributed by atoms with E-state index in [-0.39, 0.29) is 11.7 Å². The second-order valence-corrected chi connectivity index (χ2v) is 8.54. The average Bonchev–Trinajstić information content (AvgIpc) is 2.81. The van der Waals surface area contributed by atoms with Crippen LogP contribution in [0.5, 0.6) is 17.2 Å². The molecule has 0 spiro atoms. The van der Waals surface area contributed by atoms with E-state index in [9.17, 15) is 9.90 Å². The van der Waals surface area contributed by atoms with Gasteiger partial charge >= 0.3 is 0 Å². The van der Waals surface area contributed by atoms with E-state index in [1.807, 2.05) is 56.3 Å². The molecule has 0 fully saturated rings. The number of fused-ring (bicyclic) bond motifs is 1. The van der Waals surface area contributed by atoms with Crippen molar-refractivity contribution in [2.75, 3.05) is 36.8 Å². The van der Waals surface area contributed by atoms with Crippen molar-refractivity contribution in [1.82, 2.24) is 0 Å². The second-order valence-electron chi connectivity index (χ2n) is 8.54. The van der Waals surface area contributed by atoms with Crippen molar-refractivity contribution in [2.24, 2.45) is 0 Å². The van der Waals surface area contributed by atoms with E-state index in [0.717, 1.165) is 39.5 Å². The van der Waals surface area contributed by atoms with Crippen molar-refractivity contribution in [3.8, 4) is 28.4 Å². The fourth-order valence-electron chi connectivity index (χ4n) is 4.34. The minimum Gasteiger partial charge on any atom is -0.508 e. The number of para-hydroxylation sites is 2. The van der Waals surface area contributed by atoms with Gasteiger partial charge in [0.2, 0.25) is 0 Å². The first-order chi connectivity index (χ1) is 15.8. The van der Waals surface area contributed by atoms with Crippen LogP contribution in [0.4, 0.5) is 17.1 Å². The summed E-state index contributed by atoms with van der Waals surface area (Å²) < 4.78 is 11.1. The molecule has 0 bridgehead atoms. The molecule has 3 aromatic rings. The summed E-state index contributed by atoms with van der Waals surface area (Å²) >= 11 is 0. The number of hydrogen-bond acceptors (Lipinski definition) is 6. The Hall–Kier alpha value is -3.87. The number of phenols is 1. The molecule has 33 heavy (non-hydrogen) atoms. The number of methoxy groups -OCH3 is 2.